The number of aryl methyl sites for hydroxylation is 2. The molecule has 0 fully saturated rings. The topological polar surface area (TPSA) is 74.8 Å². The molecule has 1 aromatic heterocycles. The Kier molecular flexibility index (Phi) is 5.16. The number of aromatic nitrogens is 2. The third kappa shape index (κ3) is 4.75. The van der Waals surface area contributed by atoms with Crippen molar-refractivity contribution in [2.45, 2.75) is 25.4 Å². The highest BCUT2D eigenvalue weighted by atomic mass is 32.2. The van der Waals surface area contributed by atoms with Gasteiger partial charge in [0.2, 0.25) is 5.91 Å². The summed E-state index contributed by atoms with van der Waals surface area (Å²) in [6.07, 6.45) is 0.688. The van der Waals surface area contributed by atoms with Crippen LogP contribution in [0.3, 0.4) is 0 Å². The van der Waals surface area contributed by atoms with Crippen molar-refractivity contribution < 1.29 is 4.79 Å². The van der Waals surface area contributed by atoms with Gasteiger partial charge in [-0.15, -0.1) is 0 Å². The first kappa shape index (κ1) is 15.3. The van der Waals surface area contributed by atoms with Gasteiger partial charge < -0.3 is 10.3 Å². The minimum absolute atomic E-state index is 0.131. The van der Waals surface area contributed by atoms with Crippen LogP contribution in [0.5, 0.6) is 0 Å². The molecule has 2 aromatic rings. The number of thioether (sulfide) groups is 1. The Morgan fingerprint density at radius 1 is 1.33 bits per heavy atom. The monoisotopic (exact) mass is 303 g/mol. The lowest BCUT2D eigenvalue weighted by molar-refractivity contribution is -0.113. The molecule has 5 nitrogen and oxygen atoms in total. The quantitative estimate of drug-likeness (QED) is 0.657. The SMILES string of the molecule is CCc1cc(=O)[nH]c(SCC(=O)Nc2ccc(C)cc2)n1. The lowest BCUT2D eigenvalue weighted by Gasteiger charge is -2.05. The maximum atomic E-state index is 11.9. The van der Waals surface area contributed by atoms with Crippen LogP contribution >= 0.6 is 11.8 Å². The molecule has 0 aliphatic rings. The van der Waals surface area contributed by atoms with Crippen LogP contribution in [-0.2, 0) is 11.2 Å². The van der Waals surface area contributed by atoms with Crippen LogP contribution in [-0.4, -0.2) is 21.6 Å². The van der Waals surface area contributed by atoms with Crippen LogP contribution in [0.4, 0.5) is 5.69 Å². The number of carbonyl (C=O) groups is 1. The van der Waals surface area contributed by atoms with E-state index >= 15 is 0 Å². The minimum atomic E-state index is -0.191. The van der Waals surface area contributed by atoms with E-state index in [2.05, 4.69) is 15.3 Å². The van der Waals surface area contributed by atoms with Gasteiger partial charge in [0.1, 0.15) is 0 Å². The Balaban J connectivity index is 1.93. The molecule has 110 valence electrons. The van der Waals surface area contributed by atoms with E-state index in [0.29, 0.717) is 11.6 Å². The van der Waals surface area contributed by atoms with E-state index < -0.39 is 0 Å². The van der Waals surface area contributed by atoms with Gasteiger partial charge in [0, 0.05) is 17.4 Å². The number of rotatable bonds is 5. The molecule has 0 spiro atoms. The van der Waals surface area contributed by atoms with E-state index in [0.717, 1.165) is 16.9 Å². The standard InChI is InChI=1S/C15H17N3O2S/c1-3-11-8-13(19)18-15(17-11)21-9-14(20)16-12-6-4-10(2)5-7-12/h4-8H,3,9H2,1-2H3,(H,16,20)(H,17,18,19). The summed E-state index contributed by atoms with van der Waals surface area (Å²) in [5.41, 5.74) is 2.43. The zero-order valence-electron chi connectivity index (χ0n) is 12.0. The number of hydrogen-bond donors (Lipinski definition) is 2. The molecule has 1 amide bonds. The molecule has 1 aromatic carbocycles. The molecule has 0 aliphatic carbocycles. The zero-order valence-corrected chi connectivity index (χ0v) is 12.8. The molecule has 0 aliphatic heterocycles. The highest BCUT2D eigenvalue weighted by molar-refractivity contribution is 7.99. The van der Waals surface area contributed by atoms with Gasteiger partial charge in [-0.3, -0.25) is 9.59 Å². The molecule has 0 atom stereocenters. The number of anilines is 1. The number of aromatic amines is 1. The highest BCUT2D eigenvalue weighted by Gasteiger charge is 2.06. The molecule has 0 saturated carbocycles. The summed E-state index contributed by atoms with van der Waals surface area (Å²) in [5, 5.41) is 3.27. The number of nitrogens with zero attached hydrogens (tertiary/aromatic N) is 1. The van der Waals surface area contributed by atoms with Gasteiger partial charge in [0.25, 0.3) is 5.56 Å². The zero-order chi connectivity index (χ0) is 15.2. The molecule has 6 heteroatoms. The molecule has 0 bridgehead atoms. The minimum Gasteiger partial charge on any atom is -0.325 e. The van der Waals surface area contributed by atoms with E-state index in [1.54, 1.807) is 0 Å². The lowest BCUT2D eigenvalue weighted by atomic mass is 10.2. The number of nitrogens with one attached hydrogen (secondary N) is 2. The average Bonchev–Trinajstić information content (AvgIpc) is 2.47. The van der Waals surface area contributed by atoms with Crippen molar-refractivity contribution in [3.63, 3.8) is 0 Å². The first-order valence-corrected chi connectivity index (χ1v) is 7.65. The molecular formula is C15H17N3O2S. The summed E-state index contributed by atoms with van der Waals surface area (Å²) >= 11 is 1.22. The molecule has 2 N–H and O–H groups in total. The van der Waals surface area contributed by atoms with Gasteiger partial charge in [-0.25, -0.2) is 4.98 Å². The predicted octanol–water partition coefficient (Wildman–Crippen LogP) is 2.37. The van der Waals surface area contributed by atoms with Crippen molar-refractivity contribution >= 4 is 23.4 Å². The summed E-state index contributed by atoms with van der Waals surface area (Å²) < 4.78 is 0. The van der Waals surface area contributed by atoms with Crippen LogP contribution in [0, 0.1) is 6.92 Å². The Morgan fingerprint density at radius 2 is 2.05 bits per heavy atom. The number of benzene rings is 1. The maximum absolute atomic E-state index is 11.9. The van der Waals surface area contributed by atoms with Crippen molar-refractivity contribution in [3.8, 4) is 0 Å². The Hall–Kier alpha value is -2.08. The second kappa shape index (κ2) is 7.08. The normalized spacial score (nSPS) is 10.4. The van der Waals surface area contributed by atoms with Crippen molar-refractivity contribution in [3.05, 3.63) is 51.9 Å². The molecule has 0 radical (unpaired) electrons. The van der Waals surface area contributed by atoms with Gasteiger partial charge in [0.05, 0.1) is 5.75 Å². The van der Waals surface area contributed by atoms with E-state index in [1.165, 1.54) is 17.8 Å². The third-order valence-corrected chi connectivity index (χ3v) is 3.68. The smallest absolute Gasteiger partial charge is 0.251 e. The number of carbonyl (C=O) groups excluding carboxylic acids is 1. The summed E-state index contributed by atoms with van der Waals surface area (Å²) in [6, 6.07) is 9.06. The van der Waals surface area contributed by atoms with Gasteiger partial charge in [-0.2, -0.15) is 0 Å². The number of H-pyrrole nitrogens is 1. The summed E-state index contributed by atoms with van der Waals surface area (Å²) in [7, 11) is 0. The van der Waals surface area contributed by atoms with Crippen molar-refractivity contribution in [2.75, 3.05) is 11.1 Å². The van der Waals surface area contributed by atoms with E-state index in [1.807, 2.05) is 38.1 Å². The second-order valence-electron chi connectivity index (χ2n) is 4.60. The van der Waals surface area contributed by atoms with Crippen LogP contribution in [0.15, 0.2) is 40.3 Å². The third-order valence-electron chi connectivity index (χ3n) is 2.81. The molecule has 0 unspecified atom stereocenters. The molecule has 2 rings (SSSR count). The van der Waals surface area contributed by atoms with Crippen LogP contribution < -0.4 is 10.9 Å². The second-order valence-corrected chi connectivity index (χ2v) is 5.56. The van der Waals surface area contributed by atoms with Gasteiger partial charge in [0.15, 0.2) is 5.16 Å². The summed E-state index contributed by atoms with van der Waals surface area (Å²) in [6.45, 7) is 3.92. The van der Waals surface area contributed by atoms with Crippen molar-refractivity contribution in [1.82, 2.24) is 9.97 Å². The largest absolute Gasteiger partial charge is 0.325 e. The van der Waals surface area contributed by atoms with E-state index in [9.17, 15) is 9.59 Å². The molecule has 1 heterocycles. The Labute approximate surface area is 127 Å². The van der Waals surface area contributed by atoms with Gasteiger partial charge >= 0.3 is 0 Å². The van der Waals surface area contributed by atoms with Crippen LogP contribution in [0.2, 0.25) is 0 Å². The Bertz CT molecular complexity index is 680. The summed E-state index contributed by atoms with van der Waals surface area (Å²) in [4.78, 5) is 30.2. The number of amides is 1. The van der Waals surface area contributed by atoms with Crippen molar-refractivity contribution in [2.24, 2.45) is 0 Å². The Morgan fingerprint density at radius 3 is 2.71 bits per heavy atom. The van der Waals surface area contributed by atoms with Crippen LogP contribution in [0.25, 0.3) is 0 Å². The average molecular weight is 303 g/mol. The molecule has 0 saturated heterocycles. The number of hydrogen-bond acceptors (Lipinski definition) is 4. The lowest BCUT2D eigenvalue weighted by Crippen LogP contribution is -2.15. The van der Waals surface area contributed by atoms with E-state index in [-0.39, 0.29) is 17.2 Å². The maximum Gasteiger partial charge on any atom is 0.251 e. The van der Waals surface area contributed by atoms with Gasteiger partial charge in [-0.1, -0.05) is 36.4 Å². The van der Waals surface area contributed by atoms with Crippen molar-refractivity contribution in [1.29, 1.82) is 0 Å². The highest BCUT2D eigenvalue weighted by Crippen LogP contribution is 2.13. The van der Waals surface area contributed by atoms with Gasteiger partial charge in [-0.05, 0) is 25.5 Å². The first-order chi connectivity index (χ1) is 10.1. The fraction of sp³-hybridized carbons (Fsp3) is 0.267. The summed E-state index contributed by atoms with van der Waals surface area (Å²) in [5.74, 6) is 0.0673. The van der Waals surface area contributed by atoms with E-state index in [4.69, 9.17) is 0 Å². The first-order valence-electron chi connectivity index (χ1n) is 6.66. The predicted molar refractivity (Wildman–Crippen MR) is 84.8 cm³/mol. The molecular weight excluding hydrogens is 286 g/mol. The fourth-order valence-corrected chi connectivity index (χ4v) is 2.40. The molecule has 21 heavy (non-hydrogen) atoms. The fourth-order valence-electron chi connectivity index (χ4n) is 1.70. The van der Waals surface area contributed by atoms with Crippen LogP contribution in [0.1, 0.15) is 18.2 Å².